The molecule has 0 fully saturated rings. The van der Waals surface area contributed by atoms with Gasteiger partial charge < -0.3 is 10.1 Å². The number of hydrogen-bond donors (Lipinski definition) is 1. The number of carbonyl (C=O) groups is 3. The first-order valence-electron chi connectivity index (χ1n) is 11.3. The molecule has 182 valence electrons. The standard InChI is InChI=1S/C28H25N3O5/c1-18-24(27(34)31(30(18)3)21-14-8-5-9-15-21)29-26(33)19(2)36-28(35)23-17-11-10-16-22(23)25(32)20-12-6-4-7-13-20/h4-17,19H,1-3H3,(H,29,33). The Balaban J connectivity index is 1.53. The maximum Gasteiger partial charge on any atom is 0.339 e. The van der Waals surface area contributed by atoms with Crippen LogP contribution in [0.15, 0.2) is 89.7 Å². The molecule has 0 aliphatic carbocycles. The summed E-state index contributed by atoms with van der Waals surface area (Å²) >= 11 is 0. The molecule has 1 aromatic heterocycles. The minimum Gasteiger partial charge on any atom is -0.449 e. The zero-order valence-electron chi connectivity index (χ0n) is 20.1. The van der Waals surface area contributed by atoms with Crippen molar-refractivity contribution >= 4 is 23.3 Å². The summed E-state index contributed by atoms with van der Waals surface area (Å²) in [6, 6.07) is 23.9. The Kier molecular flexibility index (Phi) is 6.96. The first-order valence-corrected chi connectivity index (χ1v) is 11.3. The lowest BCUT2D eigenvalue weighted by molar-refractivity contribution is -0.123. The average Bonchev–Trinajstić information content (AvgIpc) is 3.11. The molecule has 4 aromatic rings. The minimum absolute atomic E-state index is 0.0494. The molecule has 0 saturated carbocycles. The Labute approximate surface area is 207 Å². The number of esters is 1. The number of benzene rings is 3. The van der Waals surface area contributed by atoms with Crippen LogP contribution in [-0.4, -0.2) is 33.1 Å². The number of ketones is 1. The molecule has 4 rings (SSSR count). The number of amides is 1. The number of rotatable bonds is 7. The van der Waals surface area contributed by atoms with Crippen molar-refractivity contribution in [3.63, 3.8) is 0 Å². The van der Waals surface area contributed by atoms with Gasteiger partial charge in [0, 0.05) is 18.2 Å². The number of aromatic nitrogens is 2. The highest BCUT2D eigenvalue weighted by atomic mass is 16.5. The van der Waals surface area contributed by atoms with Crippen LogP contribution in [0.1, 0.15) is 38.9 Å². The summed E-state index contributed by atoms with van der Waals surface area (Å²) in [7, 11) is 1.71. The van der Waals surface area contributed by atoms with Crippen LogP contribution in [0.5, 0.6) is 0 Å². The van der Waals surface area contributed by atoms with E-state index in [2.05, 4.69) is 5.32 Å². The summed E-state index contributed by atoms with van der Waals surface area (Å²) in [6.45, 7) is 3.11. The van der Waals surface area contributed by atoms with E-state index in [1.807, 2.05) is 18.2 Å². The second-order valence-electron chi connectivity index (χ2n) is 8.21. The summed E-state index contributed by atoms with van der Waals surface area (Å²) in [5, 5.41) is 2.59. The van der Waals surface area contributed by atoms with E-state index in [1.54, 1.807) is 73.3 Å². The topological polar surface area (TPSA) is 99.4 Å². The first-order chi connectivity index (χ1) is 17.3. The van der Waals surface area contributed by atoms with E-state index in [-0.39, 0.29) is 22.6 Å². The zero-order valence-corrected chi connectivity index (χ0v) is 20.1. The number of nitrogens with one attached hydrogen (secondary N) is 1. The molecule has 0 radical (unpaired) electrons. The van der Waals surface area contributed by atoms with Crippen molar-refractivity contribution in [2.24, 2.45) is 7.05 Å². The molecule has 0 saturated heterocycles. The van der Waals surface area contributed by atoms with Crippen LogP contribution in [0.25, 0.3) is 5.69 Å². The average molecular weight is 484 g/mol. The second kappa shape index (κ2) is 10.3. The fraction of sp³-hybridized carbons (Fsp3) is 0.143. The van der Waals surface area contributed by atoms with Crippen LogP contribution in [0, 0.1) is 6.92 Å². The van der Waals surface area contributed by atoms with Gasteiger partial charge in [0.15, 0.2) is 11.9 Å². The van der Waals surface area contributed by atoms with Gasteiger partial charge in [0.25, 0.3) is 11.5 Å². The highest BCUT2D eigenvalue weighted by Gasteiger charge is 2.25. The molecule has 0 spiro atoms. The number of ether oxygens (including phenoxy) is 1. The van der Waals surface area contributed by atoms with E-state index < -0.39 is 23.5 Å². The summed E-state index contributed by atoms with van der Waals surface area (Å²) in [4.78, 5) is 51.8. The smallest absolute Gasteiger partial charge is 0.339 e. The SMILES string of the molecule is Cc1c(NC(=O)C(C)OC(=O)c2ccccc2C(=O)c2ccccc2)c(=O)n(-c2ccccc2)n1C. The highest BCUT2D eigenvalue weighted by Crippen LogP contribution is 2.18. The normalized spacial score (nSPS) is 11.5. The van der Waals surface area contributed by atoms with Gasteiger partial charge in [-0.25, -0.2) is 9.48 Å². The lowest BCUT2D eigenvalue weighted by Gasteiger charge is -2.14. The monoisotopic (exact) mass is 483 g/mol. The molecule has 1 atom stereocenters. The summed E-state index contributed by atoms with van der Waals surface area (Å²) in [5.74, 6) is -1.81. The minimum atomic E-state index is -1.22. The van der Waals surface area contributed by atoms with Gasteiger partial charge in [0.2, 0.25) is 0 Å². The van der Waals surface area contributed by atoms with Gasteiger partial charge in [-0.15, -0.1) is 0 Å². The molecule has 1 N–H and O–H groups in total. The quantitative estimate of drug-likeness (QED) is 0.318. The van der Waals surface area contributed by atoms with Crippen LogP contribution >= 0.6 is 0 Å². The third kappa shape index (κ3) is 4.74. The molecule has 8 heteroatoms. The Morgan fingerprint density at radius 3 is 2.03 bits per heavy atom. The van der Waals surface area contributed by atoms with Crippen molar-refractivity contribution < 1.29 is 19.1 Å². The fourth-order valence-electron chi connectivity index (χ4n) is 3.82. The van der Waals surface area contributed by atoms with E-state index >= 15 is 0 Å². The maximum absolute atomic E-state index is 13.0. The van der Waals surface area contributed by atoms with E-state index in [4.69, 9.17) is 4.74 Å². The third-order valence-electron chi connectivity index (χ3n) is 5.88. The Bertz CT molecular complexity index is 1490. The Hall–Kier alpha value is -4.72. The van der Waals surface area contributed by atoms with Gasteiger partial charge in [-0.2, -0.15) is 0 Å². The van der Waals surface area contributed by atoms with Gasteiger partial charge >= 0.3 is 5.97 Å². The van der Waals surface area contributed by atoms with Crippen LogP contribution in [0.4, 0.5) is 5.69 Å². The Morgan fingerprint density at radius 1 is 0.833 bits per heavy atom. The van der Waals surface area contributed by atoms with Crippen molar-refractivity contribution in [1.29, 1.82) is 0 Å². The number of nitrogens with zero attached hydrogens (tertiary/aromatic N) is 2. The summed E-state index contributed by atoms with van der Waals surface area (Å²) in [6.07, 6.45) is -1.22. The Morgan fingerprint density at radius 2 is 1.39 bits per heavy atom. The molecule has 8 nitrogen and oxygen atoms in total. The summed E-state index contributed by atoms with van der Waals surface area (Å²) in [5.41, 5.74) is 1.51. The fourth-order valence-corrected chi connectivity index (χ4v) is 3.82. The predicted octanol–water partition coefficient (Wildman–Crippen LogP) is 3.90. The number of anilines is 1. The largest absolute Gasteiger partial charge is 0.449 e. The van der Waals surface area contributed by atoms with Gasteiger partial charge in [0.05, 0.1) is 16.9 Å². The number of hydrogen-bond acceptors (Lipinski definition) is 5. The number of carbonyl (C=O) groups excluding carboxylic acids is 3. The van der Waals surface area contributed by atoms with Gasteiger partial charge in [-0.05, 0) is 32.0 Å². The predicted molar refractivity (Wildman–Crippen MR) is 136 cm³/mol. The van der Waals surface area contributed by atoms with Crippen LogP contribution < -0.4 is 10.9 Å². The first kappa shape index (κ1) is 24.4. The van der Waals surface area contributed by atoms with Crippen molar-refractivity contribution in [3.8, 4) is 5.69 Å². The van der Waals surface area contributed by atoms with E-state index in [0.29, 0.717) is 16.9 Å². The third-order valence-corrected chi connectivity index (χ3v) is 5.88. The van der Waals surface area contributed by atoms with Gasteiger partial charge in [-0.1, -0.05) is 66.7 Å². The lowest BCUT2D eigenvalue weighted by atomic mass is 9.98. The van der Waals surface area contributed by atoms with Crippen molar-refractivity contribution in [2.75, 3.05) is 5.32 Å². The molecule has 0 aliphatic heterocycles. The van der Waals surface area contributed by atoms with Crippen LogP contribution in [-0.2, 0) is 16.6 Å². The molecular weight excluding hydrogens is 458 g/mol. The summed E-state index contributed by atoms with van der Waals surface area (Å²) < 4.78 is 8.45. The van der Waals surface area contributed by atoms with E-state index in [1.165, 1.54) is 23.7 Å². The number of para-hydroxylation sites is 1. The van der Waals surface area contributed by atoms with Gasteiger partial charge in [-0.3, -0.25) is 19.1 Å². The highest BCUT2D eigenvalue weighted by molar-refractivity contribution is 6.14. The molecule has 0 bridgehead atoms. The molecular formula is C28H25N3O5. The second-order valence-corrected chi connectivity index (χ2v) is 8.21. The molecule has 3 aromatic carbocycles. The van der Waals surface area contributed by atoms with Crippen molar-refractivity contribution in [1.82, 2.24) is 9.36 Å². The zero-order chi connectivity index (χ0) is 25.8. The molecule has 0 aliphatic rings. The molecule has 36 heavy (non-hydrogen) atoms. The van der Waals surface area contributed by atoms with Crippen molar-refractivity contribution in [2.45, 2.75) is 20.0 Å². The van der Waals surface area contributed by atoms with Crippen LogP contribution in [0.3, 0.4) is 0 Å². The van der Waals surface area contributed by atoms with Gasteiger partial charge in [0.1, 0.15) is 5.69 Å². The molecule has 1 unspecified atom stereocenters. The molecule has 1 heterocycles. The van der Waals surface area contributed by atoms with Crippen molar-refractivity contribution in [3.05, 3.63) is 118 Å². The maximum atomic E-state index is 13.0. The van der Waals surface area contributed by atoms with E-state index in [0.717, 1.165) is 0 Å². The van der Waals surface area contributed by atoms with Crippen LogP contribution in [0.2, 0.25) is 0 Å². The van der Waals surface area contributed by atoms with E-state index in [9.17, 15) is 19.2 Å². The lowest BCUT2D eigenvalue weighted by Crippen LogP contribution is -2.32. The molecule has 1 amide bonds.